The molecule has 0 aromatic carbocycles. The van der Waals surface area contributed by atoms with Gasteiger partial charge in [-0.1, -0.05) is 25.3 Å². The average Bonchev–Trinajstić information content (AvgIpc) is 2.39. The van der Waals surface area contributed by atoms with E-state index in [-0.39, 0.29) is 0 Å². The van der Waals surface area contributed by atoms with Gasteiger partial charge in [-0.3, -0.25) is 0 Å². The van der Waals surface area contributed by atoms with Gasteiger partial charge in [-0.25, -0.2) is 4.98 Å². The first-order valence-corrected chi connectivity index (χ1v) is 6.62. The Kier molecular flexibility index (Phi) is 4.80. The minimum Gasteiger partial charge on any atom is -0.477 e. The normalized spacial score (nSPS) is 17.0. The Bertz CT molecular complexity index is 335. The molecule has 2 rings (SSSR count). The predicted octanol–water partition coefficient (Wildman–Crippen LogP) is 2.76. The average molecular weight is 234 g/mol. The third-order valence-corrected chi connectivity index (χ3v) is 3.33. The van der Waals surface area contributed by atoms with Gasteiger partial charge in [0.05, 0.1) is 12.3 Å². The molecule has 17 heavy (non-hydrogen) atoms. The Labute approximate surface area is 104 Å². The topological polar surface area (TPSA) is 34.1 Å². The first-order valence-electron chi connectivity index (χ1n) is 6.62. The second-order valence-electron chi connectivity index (χ2n) is 4.81. The molecular weight excluding hydrogens is 212 g/mol. The van der Waals surface area contributed by atoms with Crippen LogP contribution in [0.25, 0.3) is 0 Å². The summed E-state index contributed by atoms with van der Waals surface area (Å²) in [6.45, 7) is 1.62. The molecule has 0 unspecified atom stereocenters. The van der Waals surface area contributed by atoms with Crippen molar-refractivity contribution in [2.45, 2.75) is 38.6 Å². The minimum absolute atomic E-state index is 0.735. The van der Waals surface area contributed by atoms with Gasteiger partial charge in [0, 0.05) is 12.6 Å². The maximum absolute atomic E-state index is 5.79. The second-order valence-corrected chi connectivity index (χ2v) is 4.81. The summed E-state index contributed by atoms with van der Waals surface area (Å²) in [7, 11) is 1.93. The molecule has 3 nitrogen and oxygen atoms in total. The van der Waals surface area contributed by atoms with Gasteiger partial charge in [0.25, 0.3) is 0 Å². The highest BCUT2D eigenvalue weighted by atomic mass is 16.5. The van der Waals surface area contributed by atoms with Crippen LogP contribution >= 0.6 is 0 Å². The molecule has 0 spiro atoms. The molecule has 1 saturated carbocycles. The minimum atomic E-state index is 0.735. The second kappa shape index (κ2) is 6.60. The lowest BCUT2D eigenvalue weighted by atomic mass is 9.90. The van der Waals surface area contributed by atoms with Crippen LogP contribution in [0.5, 0.6) is 5.88 Å². The van der Waals surface area contributed by atoms with E-state index < -0.39 is 0 Å². The summed E-state index contributed by atoms with van der Waals surface area (Å²) in [4.78, 5) is 4.46. The van der Waals surface area contributed by atoms with Gasteiger partial charge in [0.15, 0.2) is 0 Å². The van der Waals surface area contributed by atoms with Crippen LogP contribution in [-0.2, 0) is 6.54 Å². The maximum atomic E-state index is 5.79. The van der Waals surface area contributed by atoms with Crippen molar-refractivity contribution in [2.75, 3.05) is 13.7 Å². The summed E-state index contributed by atoms with van der Waals surface area (Å²) in [6, 6.07) is 5.97. The third kappa shape index (κ3) is 4.00. The van der Waals surface area contributed by atoms with E-state index in [0.717, 1.165) is 30.6 Å². The summed E-state index contributed by atoms with van der Waals surface area (Å²) in [5.41, 5.74) is 1.04. The van der Waals surface area contributed by atoms with Crippen LogP contribution < -0.4 is 10.1 Å². The van der Waals surface area contributed by atoms with E-state index in [0.29, 0.717) is 0 Å². The zero-order valence-electron chi connectivity index (χ0n) is 10.6. The molecule has 0 amide bonds. The van der Waals surface area contributed by atoms with Crippen LogP contribution in [0, 0.1) is 5.92 Å². The largest absolute Gasteiger partial charge is 0.477 e. The van der Waals surface area contributed by atoms with Crippen molar-refractivity contribution in [3.05, 3.63) is 23.9 Å². The van der Waals surface area contributed by atoms with Crippen molar-refractivity contribution in [3.63, 3.8) is 0 Å². The van der Waals surface area contributed by atoms with Gasteiger partial charge in [0.2, 0.25) is 5.88 Å². The summed E-state index contributed by atoms with van der Waals surface area (Å²) in [6.07, 6.45) is 6.75. The molecule has 1 N–H and O–H groups in total. The van der Waals surface area contributed by atoms with Crippen molar-refractivity contribution in [1.29, 1.82) is 0 Å². The van der Waals surface area contributed by atoms with Crippen molar-refractivity contribution in [1.82, 2.24) is 10.3 Å². The van der Waals surface area contributed by atoms with E-state index in [9.17, 15) is 0 Å². The zero-order chi connectivity index (χ0) is 11.9. The fourth-order valence-electron chi connectivity index (χ4n) is 2.37. The van der Waals surface area contributed by atoms with Gasteiger partial charge >= 0.3 is 0 Å². The summed E-state index contributed by atoms with van der Waals surface area (Å²) >= 11 is 0. The van der Waals surface area contributed by atoms with Crippen molar-refractivity contribution in [2.24, 2.45) is 5.92 Å². The fourth-order valence-corrected chi connectivity index (χ4v) is 2.37. The SMILES string of the molecule is CNCc1cccc(OCC2CCCCC2)n1. The van der Waals surface area contributed by atoms with Crippen LogP contribution in [0.2, 0.25) is 0 Å². The predicted molar refractivity (Wildman–Crippen MR) is 69.1 cm³/mol. The molecule has 1 fully saturated rings. The Balaban J connectivity index is 1.83. The molecule has 0 bridgehead atoms. The smallest absolute Gasteiger partial charge is 0.213 e. The molecule has 1 heterocycles. The van der Waals surface area contributed by atoms with E-state index in [1.54, 1.807) is 0 Å². The molecule has 0 saturated heterocycles. The third-order valence-electron chi connectivity index (χ3n) is 3.33. The lowest BCUT2D eigenvalue weighted by Crippen LogP contribution is -2.16. The first-order chi connectivity index (χ1) is 8.38. The lowest BCUT2D eigenvalue weighted by Gasteiger charge is -2.21. The van der Waals surface area contributed by atoms with E-state index in [1.807, 2.05) is 25.2 Å². The molecule has 94 valence electrons. The number of hydrogen-bond donors (Lipinski definition) is 1. The standard InChI is InChI=1S/C14H22N2O/c1-15-10-13-8-5-9-14(16-13)17-11-12-6-3-2-4-7-12/h5,8-9,12,15H,2-4,6-7,10-11H2,1H3. The van der Waals surface area contributed by atoms with Crippen molar-refractivity contribution < 1.29 is 4.74 Å². The molecule has 0 radical (unpaired) electrons. The van der Waals surface area contributed by atoms with E-state index in [1.165, 1.54) is 32.1 Å². The Morgan fingerprint density at radius 1 is 1.29 bits per heavy atom. The zero-order valence-corrected chi connectivity index (χ0v) is 10.6. The molecule has 1 aromatic rings. The maximum Gasteiger partial charge on any atom is 0.213 e. The Morgan fingerprint density at radius 2 is 2.12 bits per heavy atom. The number of ether oxygens (including phenoxy) is 1. The molecular formula is C14H22N2O. The van der Waals surface area contributed by atoms with Crippen LogP contribution in [-0.4, -0.2) is 18.6 Å². The van der Waals surface area contributed by atoms with Gasteiger partial charge in [-0.2, -0.15) is 0 Å². The number of hydrogen-bond acceptors (Lipinski definition) is 3. The van der Waals surface area contributed by atoms with E-state index in [4.69, 9.17) is 4.74 Å². The van der Waals surface area contributed by atoms with Crippen molar-refractivity contribution in [3.8, 4) is 5.88 Å². The summed E-state index contributed by atoms with van der Waals surface area (Å²) in [5.74, 6) is 1.50. The number of nitrogens with one attached hydrogen (secondary N) is 1. The van der Waals surface area contributed by atoms with Crippen molar-refractivity contribution >= 4 is 0 Å². The molecule has 1 aliphatic rings. The molecule has 1 aromatic heterocycles. The first kappa shape index (κ1) is 12.4. The van der Waals surface area contributed by atoms with E-state index >= 15 is 0 Å². The van der Waals surface area contributed by atoms with Gasteiger partial charge in [0.1, 0.15) is 0 Å². The highest BCUT2D eigenvalue weighted by molar-refractivity contribution is 5.15. The monoisotopic (exact) mass is 234 g/mol. The van der Waals surface area contributed by atoms with Gasteiger partial charge in [-0.05, 0) is 31.9 Å². The van der Waals surface area contributed by atoms with E-state index in [2.05, 4.69) is 10.3 Å². The van der Waals surface area contributed by atoms with Crippen LogP contribution in [0.3, 0.4) is 0 Å². The van der Waals surface area contributed by atoms with Crippen LogP contribution in [0.1, 0.15) is 37.8 Å². The molecule has 0 aliphatic heterocycles. The Hall–Kier alpha value is -1.09. The quantitative estimate of drug-likeness (QED) is 0.850. The Morgan fingerprint density at radius 3 is 2.88 bits per heavy atom. The molecule has 1 aliphatic carbocycles. The number of aromatic nitrogens is 1. The molecule has 0 atom stereocenters. The van der Waals surface area contributed by atoms with Gasteiger partial charge in [-0.15, -0.1) is 0 Å². The summed E-state index contributed by atoms with van der Waals surface area (Å²) in [5, 5.41) is 3.10. The fraction of sp³-hybridized carbons (Fsp3) is 0.643. The highest BCUT2D eigenvalue weighted by Gasteiger charge is 2.14. The van der Waals surface area contributed by atoms with Crippen LogP contribution in [0.15, 0.2) is 18.2 Å². The molecule has 3 heteroatoms. The van der Waals surface area contributed by atoms with Crippen LogP contribution in [0.4, 0.5) is 0 Å². The number of pyridine rings is 1. The summed E-state index contributed by atoms with van der Waals surface area (Å²) < 4.78 is 5.79. The number of nitrogens with zero attached hydrogens (tertiary/aromatic N) is 1. The number of rotatable bonds is 5. The highest BCUT2D eigenvalue weighted by Crippen LogP contribution is 2.24. The van der Waals surface area contributed by atoms with Gasteiger partial charge < -0.3 is 10.1 Å². The lowest BCUT2D eigenvalue weighted by molar-refractivity contribution is 0.202.